The maximum absolute atomic E-state index is 7.59. The Bertz CT molecular complexity index is 439. The molecule has 3 N–H and O–H groups in total. The van der Waals surface area contributed by atoms with E-state index in [0.717, 1.165) is 17.9 Å². The average molecular weight is 271 g/mol. The Morgan fingerprint density at radius 2 is 2.35 bits per heavy atom. The van der Waals surface area contributed by atoms with Gasteiger partial charge in [0.25, 0.3) is 0 Å². The van der Waals surface area contributed by atoms with Gasteiger partial charge < -0.3 is 10.5 Å². The van der Waals surface area contributed by atoms with E-state index in [1.54, 1.807) is 17.8 Å². The summed E-state index contributed by atoms with van der Waals surface area (Å²) < 4.78 is 5.53. The molecule has 0 amide bonds. The van der Waals surface area contributed by atoms with Crippen LogP contribution < -0.4 is 5.73 Å². The molecule has 0 bridgehead atoms. The van der Waals surface area contributed by atoms with Crippen LogP contribution in [0.4, 0.5) is 0 Å². The van der Waals surface area contributed by atoms with Crippen LogP contribution in [0.2, 0.25) is 5.02 Å². The number of halogens is 1. The molecule has 0 radical (unpaired) electrons. The minimum atomic E-state index is 0.0182. The first kappa shape index (κ1) is 12.7. The van der Waals surface area contributed by atoms with Gasteiger partial charge in [-0.25, -0.2) is 0 Å². The van der Waals surface area contributed by atoms with Gasteiger partial charge in [0.1, 0.15) is 5.84 Å². The van der Waals surface area contributed by atoms with E-state index in [1.165, 1.54) is 0 Å². The lowest BCUT2D eigenvalue weighted by Gasteiger charge is -2.16. The Balaban J connectivity index is 2.26. The van der Waals surface area contributed by atoms with Gasteiger partial charge in [-0.05, 0) is 25.5 Å². The van der Waals surface area contributed by atoms with E-state index in [1.807, 2.05) is 12.1 Å². The van der Waals surface area contributed by atoms with Crippen molar-refractivity contribution in [2.45, 2.75) is 29.6 Å². The van der Waals surface area contributed by atoms with Crippen LogP contribution in [0.3, 0.4) is 0 Å². The summed E-state index contributed by atoms with van der Waals surface area (Å²) >= 11 is 7.78. The molecule has 1 aromatic carbocycles. The van der Waals surface area contributed by atoms with Gasteiger partial charge >= 0.3 is 0 Å². The Hall–Kier alpha value is -0.710. The summed E-state index contributed by atoms with van der Waals surface area (Å²) in [7, 11) is 0. The molecule has 2 rings (SSSR count). The minimum Gasteiger partial charge on any atom is -0.384 e. The Labute approximate surface area is 110 Å². The summed E-state index contributed by atoms with van der Waals surface area (Å²) in [6.45, 7) is 2.87. The van der Waals surface area contributed by atoms with Crippen molar-refractivity contribution in [3.63, 3.8) is 0 Å². The third-order valence-corrected chi connectivity index (χ3v) is 4.66. The molecule has 5 heteroatoms. The standard InChI is InChI=1S/C12H15ClN2OS/c1-7-9(5-6-16-7)17-10-4-2-3-8(13)11(10)12(14)15/h2-4,7,9H,5-6H2,1H3,(H3,14,15). The number of nitrogen functional groups attached to an aromatic ring is 1. The van der Waals surface area contributed by atoms with Crippen LogP contribution in [0.15, 0.2) is 23.1 Å². The van der Waals surface area contributed by atoms with Gasteiger partial charge in [0.05, 0.1) is 11.1 Å². The fourth-order valence-electron chi connectivity index (χ4n) is 1.89. The zero-order valence-corrected chi connectivity index (χ0v) is 11.1. The highest BCUT2D eigenvalue weighted by molar-refractivity contribution is 8.00. The highest BCUT2D eigenvalue weighted by atomic mass is 35.5. The third-order valence-electron chi connectivity index (χ3n) is 2.83. The molecule has 17 heavy (non-hydrogen) atoms. The van der Waals surface area contributed by atoms with E-state index in [0.29, 0.717) is 15.8 Å². The van der Waals surface area contributed by atoms with Crippen LogP contribution in [-0.2, 0) is 4.74 Å². The van der Waals surface area contributed by atoms with Crippen molar-refractivity contribution < 1.29 is 4.74 Å². The van der Waals surface area contributed by atoms with E-state index < -0.39 is 0 Å². The summed E-state index contributed by atoms with van der Waals surface area (Å²) in [5, 5.41) is 8.54. The Morgan fingerprint density at radius 3 is 2.94 bits per heavy atom. The molecule has 0 aliphatic carbocycles. The summed E-state index contributed by atoms with van der Waals surface area (Å²) in [5.41, 5.74) is 6.22. The molecule has 2 unspecified atom stereocenters. The van der Waals surface area contributed by atoms with Crippen molar-refractivity contribution >= 4 is 29.2 Å². The van der Waals surface area contributed by atoms with Gasteiger partial charge in [0.15, 0.2) is 0 Å². The maximum atomic E-state index is 7.59. The average Bonchev–Trinajstić information content (AvgIpc) is 2.64. The number of rotatable bonds is 3. The van der Waals surface area contributed by atoms with Gasteiger partial charge in [0, 0.05) is 22.3 Å². The molecule has 0 spiro atoms. The first-order chi connectivity index (χ1) is 8.09. The van der Waals surface area contributed by atoms with Crippen molar-refractivity contribution in [2.75, 3.05) is 6.61 Å². The highest BCUT2D eigenvalue weighted by Crippen LogP contribution is 2.36. The molecule has 1 aliphatic heterocycles. The quantitative estimate of drug-likeness (QED) is 0.656. The van der Waals surface area contributed by atoms with E-state index in [4.69, 9.17) is 27.5 Å². The SMILES string of the molecule is CC1OCCC1Sc1cccc(Cl)c1C(=N)N. The number of hydrogen-bond donors (Lipinski definition) is 2. The number of ether oxygens (including phenoxy) is 1. The van der Waals surface area contributed by atoms with E-state index in [2.05, 4.69) is 6.92 Å². The lowest BCUT2D eigenvalue weighted by atomic mass is 10.2. The lowest BCUT2D eigenvalue weighted by molar-refractivity contribution is 0.127. The zero-order chi connectivity index (χ0) is 12.4. The van der Waals surface area contributed by atoms with Gasteiger partial charge in [0.2, 0.25) is 0 Å². The second kappa shape index (κ2) is 5.29. The fourth-order valence-corrected chi connectivity index (χ4v) is 3.53. The fraction of sp³-hybridized carbons (Fsp3) is 0.417. The lowest BCUT2D eigenvalue weighted by Crippen LogP contribution is -2.16. The molecule has 1 aliphatic rings. The summed E-state index contributed by atoms with van der Waals surface area (Å²) in [6.07, 6.45) is 1.26. The van der Waals surface area contributed by atoms with Crippen molar-refractivity contribution in [1.82, 2.24) is 0 Å². The molecular weight excluding hydrogens is 256 g/mol. The van der Waals surface area contributed by atoms with Crippen LogP contribution in [0.25, 0.3) is 0 Å². The number of nitrogens with one attached hydrogen (secondary N) is 1. The van der Waals surface area contributed by atoms with E-state index in [9.17, 15) is 0 Å². The molecule has 1 fully saturated rings. The van der Waals surface area contributed by atoms with E-state index in [-0.39, 0.29) is 11.9 Å². The maximum Gasteiger partial charge on any atom is 0.125 e. The van der Waals surface area contributed by atoms with Crippen LogP contribution in [0, 0.1) is 5.41 Å². The summed E-state index contributed by atoms with van der Waals surface area (Å²) in [6, 6.07) is 5.60. The first-order valence-electron chi connectivity index (χ1n) is 5.50. The Morgan fingerprint density at radius 1 is 1.59 bits per heavy atom. The van der Waals surface area contributed by atoms with Crippen molar-refractivity contribution in [1.29, 1.82) is 5.41 Å². The second-order valence-electron chi connectivity index (χ2n) is 4.05. The number of hydrogen-bond acceptors (Lipinski definition) is 3. The van der Waals surface area contributed by atoms with Gasteiger partial charge in [-0.1, -0.05) is 17.7 Å². The number of nitrogens with two attached hydrogens (primary N) is 1. The molecule has 3 nitrogen and oxygen atoms in total. The minimum absolute atomic E-state index is 0.0182. The third kappa shape index (κ3) is 2.76. The Kier molecular flexibility index (Phi) is 3.97. The monoisotopic (exact) mass is 270 g/mol. The number of amidine groups is 1. The first-order valence-corrected chi connectivity index (χ1v) is 6.76. The predicted molar refractivity (Wildman–Crippen MR) is 72.1 cm³/mol. The molecule has 1 saturated heterocycles. The smallest absolute Gasteiger partial charge is 0.125 e. The molecular formula is C12H15ClN2OS. The van der Waals surface area contributed by atoms with Gasteiger partial charge in [-0.2, -0.15) is 0 Å². The molecule has 0 saturated carbocycles. The van der Waals surface area contributed by atoms with Crippen molar-refractivity contribution in [3.8, 4) is 0 Å². The number of thioether (sulfide) groups is 1. The van der Waals surface area contributed by atoms with Crippen LogP contribution in [0.5, 0.6) is 0 Å². The van der Waals surface area contributed by atoms with Crippen LogP contribution in [0.1, 0.15) is 18.9 Å². The van der Waals surface area contributed by atoms with Crippen molar-refractivity contribution in [3.05, 3.63) is 28.8 Å². The predicted octanol–water partition coefficient (Wildman–Crippen LogP) is 2.89. The normalized spacial score (nSPS) is 23.9. The van der Waals surface area contributed by atoms with Crippen LogP contribution >= 0.6 is 23.4 Å². The van der Waals surface area contributed by atoms with Gasteiger partial charge in [-0.3, -0.25) is 5.41 Å². The molecule has 2 atom stereocenters. The van der Waals surface area contributed by atoms with Gasteiger partial charge in [-0.15, -0.1) is 11.8 Å². The topological polar surface area (TPSA) is 59.1 Å². The second-order valence-corrected chi connectivity index (χ2v) is 5.74. The number of benzene rings is 1. The molecule has 1 aromatic rings. The van der Waals surface area contributed by atoms with Crippen LogP contribution in [-0.4, -0.2) is 23.8 Å². The largest absolute Gasteiger partial charge is 0.384 e. The van der Waals surface area contributed by atoms with Crippen molar-refractivity contribution in [2.24, 2.45) is 5.73 Å². The highest BCUT2D eigenvalue weighted by Gasteiger charge is 2.26. The summed E-state index contributed by atoms with van der Waals surface area (Å²) in [4.78, 5) is 0.965. The molecule has 1 heterocycles. The van der Waals surface area contributed by atoms with E-state index >= 15 is 0 Å². The summed E-state index contributed by atoms with van der Waals surface area (Å²) in [5.74, 6) is 0.0182. The molecule has 92 valence electrons. The molecule has 0 aromatic heterocycles. The zero-order valence-electron chi connectivity index (χ0n) is 9.57.